The molecule has 4 heteroatoms. The number of anilines is 2. The highest BCUT2D eigenvalue weighted by Gasteiger charge is 2.04. The van der Waals surface area contributed by atoms with Crippen LogP contribution in [0.2, 0.25) is 0 Å². The van der Waals surface area contributed by atoms with Crippen molar-refractivity contribution in [3.63, 3.8) is 0 Å². The molecule has 0 radical (unpaired) electrons. The molecule has 1 aromatic carbocycles. The van der Waals surface area contributed by atoms with Gasteiger partial charge in [0.15, 0.2) is 0 Å². The van der Waals surface area contributed by atoms with Gasteiger partial charge in [0.2, 0.25) is 0 Å². The molecular formula is C10H15FN2O. The first-order chi connectivity index (χ1) is 6.63. The van der Waals surface area contributed by atoms with Crippen molar-refractivity contribution in [2.75, 3.05) is 17.7 Å². The van der Waals surface area contributed by atoms with E-state index in [1.54, 1.807) is 6.07 Å². The summed E-state index contributed by atoms with van der Waals surface area (Å²) in [7, 11) is 0. The van der Waals surface area contributed by atoms with Crippen LogP contribution in [-0.2, 0) is 0 Å². The van der Waals surface area contributed by atoms with Crippen LogP contribution in [0.15, 0.2) is 18.2 Å². The molecule has 0 aliphatic rings. The molecule has 0 saturated carbocycles. The first-order valence-electron chi connectivity index (χ1n) is 4.56. The fourth-order valence-corrected chi connectivity index (χ4v) is 1.20. The van der Waals surface area contributed by atoms with Gasteiger partial charge in [-0.15, -0.1) is 0 Å². The average molecular weight is 198 g/mol. The SMILES string of the molecule is CC(CCO)Nc1ccc(F)cc1N. The molecule has 0 bridgehead atoms. The predicted molar refractivity (Wildman–Crippen MR) is 55.6 cm³/mol. The third-order valence-corrected chi connectivity index (χ3v) is 1.98. The summed E-state index contributed by atoms with van der Waals surface area (Å²) < 4.78 is 12.7. The van der Waals surface area contributed by atoms with Gasteiger partial charge in [0.05, 0.1) is 11.4 Å². The second kappa shape index (κ2) is 4.81. The lowest BCUT2D eigenvalue weighted by atomic mass is 10.2. The molecule has 3 nitrogen and oxygen atoms in total. The van der Waals surface area contributed by atoms with Gasteiger partial charge in [-0.2, -0.15) is 0 Å². The van der Waals surface area contributed by atoms with Crippen molar-refractivity contribution in [3.8, 4) is 0 Å². The minimum atomic E-state index is -0.345. The van der Waals surface area contributed by atoms with Crippen molar-refractivity contribution in [1.29, 1.82) is 0 Å². The highest BCUT2D eigenvalue weighted by Crippen LogP contribution is 2.20. The van der Waals surface area contributed by atoms with Crippen LogP contribution < -0.4 is 11.1 Å². The zero-order chi connectivity index (χ0) is 10.6. The number of nitrogens with two attached hydrogens (primary N) is 1. The van der Waals surface area contributed by atoms with Crippen molar-refractivity contribution in [2.24, 2.45) is 0 Å². The molecule has 0 spiro atoms. The molecule has 1 rings (SSSR count). The molecule has 1 aromatic rings. The normalized spacial score (nSPS) is 12.5. The van der Waals surface area contributed by atoms with Crippen LogP contribution in [0.3, 0.4) is 0 Å². The maximum Gasteiger partial charge on any atom is 0.125 e. The van der Waals surface area contributed by atoms with E-state index in [9.17, 15) is 4.39 Å². The third kappa shape index (κ3) is 2.88. The monoisotopic (exact) mass is 198 g/mol. The largest absolute Gasteiger partial charge is 0.397 e. The first kappa shape index (κ1) is 10.8. The summed E-state index contributed by atoms with van der Waals surface area (Å²) in [4.78, 5) is 0. The number of hydrogen-bond donors (Lipinski definition) is 3. The summed E-state index contributed by atoms with van der Waals surface area (Å²) in [6.07, 6.45) is 0.636. The molecule has 0 heterocycles. The molecule has 1 atom stereocenters. The Balaban J connectivity index is 2.67. The molecule has 0 saturated heterocycles. The number of nitrogens with one attached hydrogen (secondary N) is 1. The summed E-state index contributed by atoms with van der Waals surface area (Å²) in [6.45, 7) is 2.05. The van der Waals surface area contributed by atoms with Gasteiger partial charge in [-0.05, 0) is 31.5 Å². The predicted octanol–water partition coefficient (Wildman–Crippen LogP) is 1.59. The van der Waals surface area contributed by atoms with Gasteiger partial charge in [0.1, 0.15) is 5.82 Å². The minimum absolute atomic E-state index is 0.118. The second-order valence-electron chi connectivity index (χ2n) is 3.29. The van der Waals surface area contributed by atoms with Crippen LogP contribution in [0.1, 0.15) is 13.3 Å². The Labute approximate surface area is 82.7 Å². The van der Waals surface area contributed by atoms with Gasteiger partial charge in [-0.1, -0.05) is 0 Å². The number of hydrogen-bond acceptors (Lipinski definition) is 3. The highest BCUT2D eigenvalue weighted by molar-refractivity contribution is 5.66. The number of nitrogen functional groups attached to an aromatic ring is 1. The number of aliphatic hydroxyl groups excluding tert-OH is 1. The van der Waals surface area contributed by atoms with Crippen LogP contribution in [0.5, 0.6) is 0 Å². The summed E-state index contributed by atoms with van der Waals surface area (Å²) >= 11 is 0. The van der Waals surface area contributed by atoms with Crippen LogP contribution in [0.25, 0.3) is 0 Å². The Morgan fingerprint density at radius 2 is 2.29 bits per heavy atom. The van der Waals surface area contributed by atoms with Gasteiger partial charge in [0, 0.05) is 12.6 Å². The van der Waals surface area contributed by atoms with Crippen molar-refractivity contribution in [1.82, 2.24) is 0 Å². The molecule has 4 N–H and O–H groups in total. The van der Waals surface area contributed by atoms with Gasteiger partial charge in [0.25, 0.3) is 0 Å². The molecule has 0 amide bonds. The Morgan fingerprint density at radius 1 is 1.57 bits per heavy atom. The van der Waals surface area contributed by atoms with Crippen molar-refractivity contribution in [2.45, 2.75) is 19.4 Å². The molecule has 0 aliphatic heterocycles. The molecule has 14 heavy (non-hydrogen) atoms. The van der Waals surface area contributed by atoms with E-state index in [1.165, 1.54) is 12.1 Å². The maximum absolute atomic E-state index is 12.7. The maximum atomic E-state index is 12.7. The van der Waals surface area contributed by atoms with Crippen LogP contribution >= 0.6 is 0 Å². The number of benzene rings is 1. The molecular weight excluding hydrogens is 183 g/mol. The van der Waals surface area contributed by atoms with Crippen molar-refractivity contribution >= 4 is 11.4 Å². The summed E-state index contributed by atoms with van der Waals surface area (Å²) in [6, 6.07) is 4.34. The highest BCUT2D eigenvalue weighted by atomic mass is 19.1. The van der Waals surface area contributed by atoms with E-state index in [0.29, 0.717) is 17.8 Å². The van der Waals surface area contributed by atoms with E-state index < -0.39 is 0 Å². The molecule has 0 aromatic heterocycles. The summed E-state index contributed by atoms with van der Waals surface area (Å²) in [5.74, 6) is -0.345. The van der Waals surface area contributed by atoms with Gasteiger partial charge in [-0.25, -0.2) is 4.39 Å². The first-order valence-corrected chi connectivity index (χ1v) is 4.56. The number of halogens is 1. The van der Waals surface area contributed by atoms with E-state index in [-0.39, 0.29) is 18.5 Å². The van der Waals surface area contributed by atoms with Crippen LogP contribution in [0, 0.1) is 5.82 Å². The Morgan fingerprint density at radius 3 is 2.86 bits per heavy atom. The quantitative estimate of drug-likeness (QED) is 0.644. The van der Waals surface area contributed by atoms with Gasteiger partial charge in [-0.3, -0.25) is 0 Å². The average Bonchev–Trinajstić information content (AvgIpc) is 2.10. The van der Waals surface area contributed by atoms with E-state index in [0.717, 1.165) is 0 Å². The van der Waals surface area contributed by atoms with Gasteiger partial charge >= 0.3 is 0 Å². The number of aliphatic hydroxyl groups is 1. The van der Waals surface area contributed by atoms with E-state index in [1.807, 2.05) is 6.92 Å². The second-order valence-corrected chi connectivity index (χ2v) is 3.29. The zero-order valence-corrected chi connectivity index (χ0v) is 8.13. The smallest absolute Gasteiger partial charge is 0.125 e. The van der Waals surface area contributed by atoms with E-state index in [4.69, 9.17) is 10.8 Å². The van der Waals surface area contributed by atoms with E-state index in [2.05, 4.69) is 5.32 Å². The van der Waals surface area contributed by atoms with Crippen molar-refractivity contribution < 1.29 is 9.50 Å². The number of rotatable bonds is 4. The Bertz CT molecular complexity index is 304. The van der Waals surface area contributed by atoms with E-state index >= 15 is 0 Å². The third-order valence-electron chi connectivity index (χ3n) is 1.98. The Hall–Kier alpha value is -1.29. The zero-order valence-electron chi connectivity index (χ0n) is 8.13. The molecule has 1 unspecified atom stereocenters. The molecule has 0 fully saturated rings. The molecule has 78 valence electrons. The van der Waals surface area contributed by atoms with Gasteiger partial charge < -0.3 is 16.2 Å². The summed E-state index contributed by atoms with van der Waals surface area (Å²) in [5, 5.41) is 11.8. The molecule has 0 aliphatic carbocycles. The topological polar surface area (TPSA) is 58.3 Å². The lowest BCUT2D eigenvalue weighted by molar-refractivity contribution is 0.282. The van der Waals surface area contributed by atoms with Crippen LogP contribution in [0.4, 0.5) is 15.8 Å². The lowest BCUT2D eigenvalue weighted by Gasteiger charge is -2.15. The Kier molecular flexibility index (Phi) is 3.71. The van der Waals surface area contributed by atoms with Crippen molar-refractivity contribution in [3.05, 3.63) is 24.0 Å². The summed E-state index contributed by atoms with van der Waals surface area (Å²) in [5.41, 5.74) is 6.69. The lowest BCUT2D eigenvalue weighted by Crippen LogP contribution is -2.17. The standard InChI is InChI=1S/C10H15FN2O/c1-7(4-5-14)13-10-3-2-8(11)6-9(10)12/h2-3,6-7,13-14H,4-5,12H2,1H3. The fourth-order valence-electron chi connectivity index (χ4n) is 1.20. The van der Waals surface area contributed by atoms with Crippen LogP contribution in [-0.4, -0.2) is 17.8 Å². The minimum Gasteiger partial charge on any atom is -0.397 e. The fraction of sp³-hybridized carbons (Fsp3) is 0.400.